The van der Waals surface area contributed by atoms with Gasteiger partial charge in [-0.3, -0.25) is 4.79 Å². The lowest BCUT2D eigenvalue weighted by Crippen LogP contribution is -2.20. The molecule has 0 fully saturated rings. The highest BCUT2D eigenvalue weighted by molar-refractivity contribution is 6.36. The molecule has 35 heavy (non-hydrogen) atoms. The Labute approximate surface area is 211 Å². The van der Waals surface area contributed by atoms with Crippen LogP contribution in [0.2, 0.25) is 10.0 Å². The molecule has 0 spiro atoms. The third-order valence-corrected chi connectivity index (χ3v) is 5.87. The van der Waals surface area contributed by atoms with E-state index in [4.69, 9.17) is 33.7 Å². The standard InChI is InChI=1S/C24H22Cl2N6O3/c1-12(2)32-10-16(20-22(27)28-11-29-23(20)32)21(33)15-9-14(5-7-19(15)35-3)30-24(34)31-18-6-4-13(25)8-17(18)26/h4-12H,1-3H3,(H2,27,28,29)(H2,30,31,34). The van der Waals surface area contributed by atoms with Crippen molar-refractivity contribution in [1.82, 2.24) is 14.5 Å². The Morgan fingerprint density at radius 1 is 1.06 bits per heavy atom. The van der Waals surface area contributed by atoms with E-state index in [1.54, 1.807) is 30.5 Å². The molecule has 0 bridgehead atoms. The number of nitrogens with two attached hydrogens (primary N) is 1. The number of hydrogen-bond acceptors (Lipinski definition) is 6. The molecule has 0 aliphatic carbocycles. The third kappa shape index (κ3) is 4.87. The van der Waals surface area contributed by atoms with Crippen molar-refractivity contribution in [3.63, 3.8) is 0 Å². The molecule has 0 saturated heterocycles. The molecule has 0 unspecified atom stereocenters. The van der Waals surface area contributed by atoms with E-state index < -0.39 is 6.03 Å². The highest BCUT2D eigenvalue weighted by Crippen LogP contribution is 2.32. The second kappa shape index (κ2) is 9.81. The van der Waals surface area contributed by atoms with E-state index in [9.17, 15) is 9.59 Å². The summed E-state index contributed by atoms with van der Waals surface area (Å²) in [5.41, 5.74) is 8.00. The number of nitrogen functional groups attached to an aromatic ring is 1. The number of carbonyl (C=O) groups excluding carboxylic acids is 2. The van der Waals surface area contributed by atoms with Crippen LogP contribution in [0.5, 0.6) is 5.75 Å². The number of hydrogen-bond donors (Lipinski definition) is 3. The lowest BCUT2D eigenvalue weighted by molar-refractivity contribution is 0.103. The van der Waals surface area contributed by atoms with Gasteiger partial charge in [0.05, 0.1) is 34.3 Å². The fourth-order valence-corrected chi connectivity index (χ4v) is 4.11. The second-order valence-electron chi connectivity index (χ2n) is 7.95. The van der Waals surface area contributed by atoms with Gasteiger partial charge in [0, 0.05) is 22.9 Å². The fraction of sp³-hybridized carbons (Fsp3) is 0.167. The largest absolute Gasteiger partial charge is 0.496 e. The van der Waals surface area contributed by atoms with Gasteiger partial charge in [0.1, 0.15) is 23.5 Å². The Bertz CT molecular complexity index is 1450. The number of ether oxygens (including phenoxy) is 1. The summed E-state index contributed by atoms with van der Waals surface area (Å²) < 4.78 is 7.28. The van der Waals surface area contributed by atoms with Gasteiger partial charge in [0.25, 0.3) is 0 Å². The van der Waals surface area contributed by atoms with Crippen LogP contribution in [0.15, 0.2) is 48.9 Å². The predicted octanol–water partition coefficient (Wildman–Crippen LogP) is 5.78. The van der Waals surface area contributed by atoms with Crippen LogP contribution in [0.1, 0.15) is 35.8 Å². The number of urea groups is 1. The Hall–Kier alpha value is -3.82. The zero-order valence-corrected chi connectivity index (χ0v) is 20.6. The number of fused-ring (bicyclic) bond motifs is 1. The van der Waals surface area contributed by atoms with Crippen molar-refractivity contribution in [3.05, 3.63) is 70.1 Å². The zero-order valence-electron chi connectivity index (χ0n) is 19.1. The van der Waals surface area contributed by atoms with Crippen LogP contribution in [0.25, 0.3) is 11.0 Å². The quantitative estimate of drug-likeness (QED) is 0.281. The van der Waals surface area contributed by atoms with Crippen molar-refractivity contribution in [2.75, 3.05) is 23.5 Å². The van der Waals surface area contributed by atoms with Crippen molar-refractivity contribution in [3.8, 4) is 5.75 Å². The summed E-state index contributed by atoms with van der Waals surface area (Å²) in [6.45, 7) is 3.95. The average Bonchev–Trinajstić information content (AvgIpc) is 3.22. The minimum atomic E-state index is -0.549. The van der Waals surface area contributed by atoms with Crippen molar-refractivity contribution in [1.29, 1.82) is 0 Å². The second-order valence-corrected chi connectivity index (χ2v) is 8.79. The lowest BCUT2D eigenvalue weighted by Gasteiger charge is -2.12. The van der Waals surface area contributed by atoms with Crippen molar-refractivity contribution < 1.29 is 14.3 Å². The molecule has 180 valence electrons. The van der Waals surface area contributed by atoms with Crippen molar-refractivity contribution >= 4 is 63.2 Å². The molecule has 0 aliphatic rings. The Kier molecular flexibility index (Phi) is 6.81. The van der Waals surface area contributed by atoms with Gasteiger partial charge < -0.3 is 25.7 Å². The first-order valence-electron chi connectivity index (χ1n) is 10.6. The first-order valence-corrected chi connectivity index (χ1v) is 11.3. The number of methoxy groups -OCH3 is 1. The van der Waals surface area contributed by atoms with Crippen molar-refractivity contribution in [2.45, 2.75) is 19.9 Å². The number of halogens is 2. The van der Waals surface area contributed by atoms with Crippen LogP contribution in [-0.4, -0.2) is 33.5 Å². The van der Waals surface area contributed by atoms with Crippen LogP contribution >= 0.6 is 23.2 Å². The number of ketones is 1. The summed E-state index contributed by atoms with van der Waals surface area (Å²) in [4.78, 5) is 34.6. The molecule has 2 amide bonds. The van der Waals surface area contributed by atoms with E-state index in [1.807, 2.05) is 18.4 Å². The minimum absolute atomic E-state index is 0.0339. The minimum Gasteiger partial charge on any atom is -0.496 e. The third-order valence-electron chi connectivity index (χ3n) is 5.32. The molecule has 11 heteroatoms. The van der Waals surface area contributed by atoms with Gasteiger partial charge in [-0.15, -0.1) is 0 Å². The number of carbonyl (C=O) groups is 2. The Balaban J connectivity index is 1.68. The zero-order chi connectivity index (χ0) is 25.3. The Morgan fingerprint density at radius 2 is 1.83 bits per heavy atom. The summed E-state index contributed by atoms with van der Waals surface area (Å²) in [5, 5.41) is 6.55. The van der Waals surface area contributed by atoms with Gasteiger partial charge in [-0.2, -0.15) is 0 Å². The van der Waals surface area contributed by atoms with Gasteiger partial charge in [0.2, 0.25) is 0 Å². The highest BCUT2D eigenvalue weighted by atomic mass is 35.5. The molecule has 0 aliphatic heterocycles. The molecular weight excluding hydrogens is 491 g/mol. The molecule has 0 saturated carbocycles. The van der Waals surface area contributed by atoms with Crippen LogP contribution in [-0.2, 0) is 0 Å². The summed E-state index contributed by atoms with van der Waals surface area (Å²) in [5.74, 6) is 0.186. The molecule has 4 aromatic rings. The molecular formula is C24H22Cl2N6O3. The summed E-state index contributed by atoms with van der Waals surface area (Å²) >= 11 is 12.0. The van der Waals surface area contributed by atoms with Gasteiger partial charge in [-0.05, 0) is 50.2 Å². The van der Waals surface area contributed by atoms with Gasteiger partial charge in [0.15, 0.2) is 5.78 Å². The van der Waals surface area contributed by atoms with Crippen LogP contribution in [0.4, 0.5) is 22.0 Å². The predicted molar refractivity (Wildman–Crippen MR) is 138 cm³/mol. The lowest BCUT2D eigenvalue weighted by atomic mass is 10.0. The topological polar surface area (TPSA) is 124 Å². The van der Waals surface area contributed by atoms with Crippen LogP contribution in [0, 0.1) is 0 Å². The molecule has 0 radical (unpaired) electrons. The summed E-state index contributed by atoms with van der Waals surface area (Å²) in [6.07, 6.45) is 3.07. The molecule has 0 atom stereocenters. The average molecular weight is 513 g/mol. The SMILES string of the molecule is COc1ccc(NC(=O)Nc2ccc(Cl)cc2Cl)cc1C(=O)c1cn(C(C)C)c2ncnc(N)c12. The van der Waals surface area contributed by atoms with E-state index in [0.29, 0.717) is 43.8 Å². The first kappa shape index (κ1) is 24.3. The molecule has 2 heterocycles. The van der Waals surface area contributed by atoms with E-state index in [2.05, 4.69) is 20.6 Å². The summed E-state index contributed by atoms with van der Waals surface area (Å²) in [6, 6.07) is 8.95. The molecule has 2 aromatic carbocycles. The monoisotopic (exact) mass is 512 g/mol. The number of anilines is 3. The van der Waals surface area contributed by atoms with Crippen molar-refractivity contribution in [2.24, 2.45) is 0 Å². The van der Waals surface area contributed by atoms with Crippen LogP contribution < -0.4 is 21.1 Å². The Morgan fingerprint density at radius 3 is 2.51 bits per heavy atom. The normalized spacial score (nSPS) is 11.0. The number of aromatic nitrogens is 3. The van der Waals surface area contributed by atoms with Gasteiger partial charge in [-0.1, -0.05) is 23.2 Å². The first-order chi connectivity index (χ1) is 16.7. The highest BCUT2D eigenvalue weighted by Gasteiger charge is 2.24. The number of amides is 2. The molecule has 4 N–H and O–H groups in total. The van der Waals surface area contributed by atoms with Gasteiger partial charge in [-0.25, -0.2) is 14.8 Å². The van der Waals surface area contributed by atoms with E-state index in [-0.39, 0.29) is 23.2 Å². The number of rotatable bonds is 6. The maximum absolute atomic E-state index is 13.7. The molecule has 2 aromatic heterocycles. The number of nitrogens with zero attached hydrogens (tertiary/aromatic N) is 3. The molecule has 4 rings (SSSR count). The summed E-state index contributed by atoms with van der Waals surface area (Å²) in [7, 11) is 1.46. The maximum Gasteiger partial charge on any atom is 0.323 e. The number of benzene rings is 2. The van der Waals surface area contributed by atoms with E-state index in [0.717, 1.165) is 0 Å². The van der Waals surface area contributed by atoms with E-state index >= 15 is 0 Å². The van der Waals surface area contributed by atoms with Gasteiger partial charge >= 0.3 is 6.03 Å². The molecule has 9 nitrogen and oxygen atoms in total. The van der Waals surface area contributed by atoms with Crippen LogP contribution in [0.3, 0.4) is 0 Å². The maximum atomic E-state index is 13.7. The van der Waals surface area contributed by atoms with E-state index in [1.165, 1.54) is 25.6 Å². The fourth-order valence-electron chi connectivity index (χ4n) is 3.66. The number of nitrogens with one attached hydrogen (secondary N) is 2. The smallest absolute Gasteiger partial charge is 0.323 e.